The Morgan fingerprint density at radius 2 is 2.33 bits per heavy atom. The van der Waals surface area contributed by atoms with Crippen LogP contribution >= 0.6 is 0 Å². The van der Waals surface area contributed by atoms with Crippen molar-refractivity contribution in [2.45, 2.75) is 45.6 Å². The molecule has 2 aliphatic rings. The van der Waals surface area contributed by atoms with Crippen LogP contribution in [0, 0.1) is 5.92 Å². The average molecular weight is 287 g/mol. The topological polar surface area (TPSA) is 45.2 Å². The highest BCUT2D eigenvalue weighted by Crippen LogP contribution is 2.20. The lowest BCUT2D eigenvalue weighted by atomic mass is 9.97. The molecule has 1 aromatic heterocycles. The van der Waals surface area contributed by atoms with E-state index in [1.165, 1.54) is 17.7 Å². The van der Waals surface area contributed by atoms with Crippen molar-refractivity contribution in [2.75, 3.05) is 19.6 Å². The lowest BCUT2D eigenvalue weighted by Crippen LogP contribution is -2.42. The van der Waals surface area contributed by atoms with Gasteiger partial charge in [-0.3, -0.25) is 9.78 Å². The van der Waals surface area contributed by atoms with E-state index in [0.717, 1.165) is 50.9 Å². The van der Waals surface area contributed by atoms with Crippen molar-refractivity contribution in [2.24, 2.45) is 5.92 Å². The van der Waals surface area contributed by atoms with Crippen molar-refractivity contribution in [3.63, 3.8) is 0 Å². The van der Waals surface area contributed by atoms with Crippen LogP contribution in [0.2, 0.25) is 0 Å². The van der Waals surface area contributed by atoms with E-state index in [2.05, 4.69) is 28.2 Å². The Labute approximate surface area is 126 Å². The summed E-state index contributed by atoms with van der Waals surface area (Å²) < 4.78 is 0. The van der Waals surface area contributed by atoms with Gasteiger partial charge in [0.15, 0.2) is 0 Å². The zero-order chi connectivity index (χ0) is 14.7. The smallest absolute Gasteiger partial charge is 0.224 e. The van der Waals surface area contributed by atoms with E-state index in [4.69, 9.17) is 0 Å². The van der Waals surface area contributed by atoms with Crippen molar-refractivity contribution in [3.05, 3.63) is 29.1 Å². The molecule has 114 valence electrons. The maximum atomic E-state index is 12.3. The van der Waals surface area contributed by atoms with Crippen molar-refractivity contribution in [1.82, 2.24) is 15.2 Å². The van der Waals surface area contributed by atoms with Gasteiger partial charge in [0.05, 0.1) is 5.92 Å². The zero-order valence-corrected chi connectivity index (χ0v) is 12.9. The first-order valence-corrected chi connectivity index (χ1v) is 8.23. The van der Waals surface area contributed by atoms with Gasteiger partial charge in [0.2, 0.25) is 5.91 Å². The molecule has 4 nitrogen and oxygen atoms in total. The Hall–Kier alpha value is -1.42. The molecule has 2 heterocycles. The summed E-state index contributed by atoms with van der Waals surface area (Å²) in [4.78, 5) is 19.2. The normalized spacial score (nSPS) is 22.0. The number of pyridine rings is 1. The summed E-state index contributed by atoms with van der Waals surface area (Å²) in [5, 5.41) is 3.10. The number of carbonyl (C=O) groups is 1. The minimum atomic E-state index is 0.154. The predicted molar refractivity (Wildman–Crippen MR) is 82.9 cm³/mol. The Morgan fingerprint density at radius 1 is 1.43 bits per heavy atom. The third-order valence-corrected chi connectivity index (χ3v) is 4.77. The second kappa shape index (κ2) is 6.56. The highest BCUT2D eigenvalue weighted by Gasteiger charge is 2.24. The number of hydrogen-bond donors (Lipinski definition) is 1. The van der Waals surface area contributed by atoms with Gasteiger partial charge in [-0.15, -0.1) is 0 Å². The fraction of sp³-hybridized carbons (Fsp3) is 0.647. The first kappa shape index (κ1) is 14.5. The number of likely N-dealkylation sites (tertiary alicyclic amines) is 1. The molecule has 3 rings (SSSR count). The highest BCUT2D eigenvalue weighted by atomic mass is 16.1. The fourth-order valence-corrected chi connectivity index (χ4v) is 3.46. The molecule has 1 aliphatic carbocycles. The summed E-state index contributed by atoms with van der Waals surface area (Å²) in [6.07, 6.45) is 7.53. The van der Waals surface area contributed by atoms with Gasteiger partial charge < -0.3 is 10.2 Å². The van der Waals surface area contributed by atoms with E-state index >= 15 is 0 Å². The van der Waals surface area contributed by atoms with Gasteiger partial charge in [-0.25, -0.2) is 0 Å². The van der Waals surface area contributed by atoms with Gasteiger partial charge in [0, 0.05) is 25.0 Å². The van der Waals surface area contributed by atoms with Crippen LogP contribution in [0.25, 0.3) is 0 Å². The number of nitrogens with one attached hydrogen (secondary N) is 1. The second-order valence-electron chi connectivity index (χ2n) is 6.25. The van der Waals surface area contributed by atoms with E-state index in [1.54, 1.807) is 0 Å². The average Bonchev–Trinajstić information content (AvgIpc) is 3.00. The SMILES string of the molecule is CCN1CCCC(C(=O)NCc2cnc3c(c2)CCC3)C1. The number of carbonyl (C=O) groups excluding carboxylic acids is 1. The Kier molecular flexibility index (Phi) is 4.54. The molecule has 4 heteroatoms. The number of rotatable bonds is 4. The predicted octanol–water partition coefficient (Wildman–Crippen LogP) is 1.92. The van der Waals surface area contributed by atoms with Crippen LogP contribution in [0.5, 0.6) is 0 Å². The molecule has 1 fully saturated rings. The van der Waals surface area contributed by atoms with E-state index in [-0.39, 0.29) is 11.8 Å². The molecule has 1 saturated heterocycles. The maximum absolute atomic E-state index is 12.3. The minimum Gasteiger partial charge on any atom is -0.352 e. The number of nitrogens with zero attached hydrogens (tertiary/aromatic N) is 2. The molecule has 1 atom stereocenters. The monoisotopic (exact) mass is 287 g/mol. The molecular weight excluding hydrogens is 262 g/mol. The van der Waals surface area contributed by atoms with Crippen molar-refractivity contribution >= 4 is 5.91 Å². The molecule has 0 bridgehead atoms. The third kappa shape index (κ3) is 3.43. The number of fused-ring (bicyclic) bond motifs is 1. The number of aryl methyl sites for hydroxylation is 2. The largest absolute Gasteiger partial charge is 0.352 e. The lowest BCUT2D eigenvalue weighted by Gasteiger charge is -2.30. The fourth-order valence-electron chi connectivity index (χ4n) is 3.46. The van der Waals surface area contributed by atoms with Crippen molar-refractivity contribution in [3.8, 4) is 0 Å². The van der Waals surface area contributed by atoms with Crippen LogP contribution in [-0.2, 0) is 24.2 Å². The molecule has 1 aromatic rings. The van der Waals surface area contributed by atoms with Gasteiger partial charge in [0.25, 0.3) is 0 Å². The third-order valence-electron chi connectivity index (χ3n) is 4.77. The van der Waals surface area contributed by atoms with E-state index in [0.29, 0.717) is 6.54 Å². The molecule has 0 spiro atoms. The van der Waals surface area contributed by atoms with E-state index < -0.39 is 0 Å². The van der Waals surface area contributed by atoms with Crippen LogP contribution < -0.4 is 5.32 Å². The van der Waals surface area contributed by atoms with Crippen LogP contribution in [0.1, 0.15) is 43.0 Å². The van der Waals surface area contributed by atoms with E-state index in [1.807, 2.05) is 6.20 Å². The summed E-state index contributed by atoms with van der Waals surface area (Å²) in [5.74, 6) is 0.356. The van der Waals surface area contributed by atoms with Crippen LogP contribution in [0.4, 0.5) is 0 Å². The minimum absolute atomic E-state index is 0.154. The lowest BCUT2D eigenvalue weighted by molar-refractivity contribution is -0.126. The molecule has 0 saturated carbocycles. The summed E-state index contributed by atoms with van der Waals surface area (Å²) in [6.45, 7) is 5.86. The van der Waals surface area contributed by atoms with Crippen molar-refractivity contribution in [1.29, 1.82) is 0 Å². The quantitative estimate of drug-likeness (QED) is 0.920. The van der Waals surface area contributed by atoms with Crippen LogP contribution in [0.3, 0.4) is 0 Å². The molecule has 1 aliphatic heterocycles. The van der Waals surface area contributed by atoms with Gasteiger partial charge in [-0.05, 0) is 56.3 Å². The number of hydrogen-bond acceptors (Lipinski definition) is 3. The Morgan fingerprint density at radius 3 is 3.19 bits per heavy atom. The molecule has 1 N–H and O–H groups in total. The number of piperidine rings is 1. The summed E-state index contributed by atoms with van der Waals surface area (Å²) in [6, 6.07) is 2.22. The molecule has 0 radical (unpaired) electrons. The number of aromatic nitrogens is 1. The van der Waals surface area contributed by atoms with Gasteiger partial charge in [-0.2, -0.15) is 0 Å². The molecule has 21 heavy (non-hydrogen) atoms. The van der Waals surface area contributed by atoms with Crippen LogP contribution in [-0.4, -0.2) is 35.4 Å². The standard InChI is InChI=1S/C17H25N3O/c1-2-20-8-4-6-15(12-20)17(21)19-11-13-9-14-5-3-7-16(14)18-10-13/h9-10,15H,2-8,11-12H2,1H3,(H,19,21). The summed E-state index contributed by atoms with van der Waals surface area (Å²) >= 11 is 0. The molecule has 1 amide bonds. The Bertz CT molecular complexity index is 515. The highest BCUT2D eigenvalue weighted by molar-refractivity contribution is 5.78. The molecular formula is C17H25N3O. The Balaban J connectivity index is 1.53. The van der Waals surface area contributed by atoms with E-state index in [9.17, 15) is 4.79 Å². The summed E-state index contributed by atoms with van der Waals surface area (Å²) in [5.41, 5.74) is 3.75. The summed E-state index contributed by atoms with van der Waals surface area (Å²) in [7, 11) is 0. The van der Waals surface area contributed by atoms with Gasteiger partial charge in [-0.1, -0.05) is 13.0 Å². The van der Waals surface area contributed by atoms with Gasteiger partial charge in [0.1, 0.15) is 0 Å². The van der Waals surface area contributed by atoms with Crippen molar-refractivity contribution < 1.29 is 4.79 Å². The first-order valence-electron chi connectivity index (χ1n) is 8.23. The molecule has 1 unspecified atom stereocenters. The van der Waals surface area contributed by atoms with Gasteiger partial charge >= 0.3 is 0 Å². The second-order valence-corrected chi connectivity index (χ2v) is 6.25. The molecule has 0 aromatic carbocycles. The zero-order valence-electron chi connectivity index (χ0n) is 12.9. The maximum Gasteiger partial charge on any atom is 0.224 e. The van der Waals surface area contributed by atoms with Crippen LogP contribution in [0.15, 0.2) is 12.3 Å². The number of amides is 1. The first-order chi connectivity index (χ1) is 10.3.